The summed E-state index contributed by atoms with van der Waals surface area (Å²) in [5.74, 6) is 1.74. The molecule has 0 aliphatic heterocycles. The average Bonchev–Trinajstić information content (AvgIpc) is 2.70. The average molecular weight is 535 g/mol. The number of hydrogen-bond acceptors (Lipinski definition) is 4. The Hall–Kier alpha value is -2.30. The molecule has 0 atom stereocenters. The van der Waals surface area contributed by atoms with E-state index in [9.17, 15) is 8.78 Å². The van der Waals surface area contributed by atoms with Gasteiger partial charge >= 0.3 is 6.61 Å². The number of methoxy groups -OCH3 is 2. The lowest BCUT2D eigenvalue weighted by atomic mass is 10.1. The van der Waals surface area contributed by atoms with Gasteiger partial charge in [-0.2, -0.15) is 8.78 Å². The molecule has 2 aromatic rings. The minimum absolute atomic E-state index is 0. The van der Waals surface area contributed by atoms with Crippen molar-refractivity contribution in [3.63, 3.8) is 0 Å². The van der Waals surface area contributed by atoms with E-state index in [-0.39, 0.29) is 35.5 Å². The first-order chi connectivity index (χ1) is 14.0. The first kappa shape index (κ1) is 25.7. The Morgan fingerprint density at radius 1 is 1.00 bits per heavy atom. The predicted octanol–water partition coefficient (Wildman–Crippen LogP) is 4.14. The smallest absolute Gasteiger partial charge is 0.387 e. The van der Waals surface area contributed by atoms with Crippen LogP contribution in [-0.2, 0) is 13.0 Å². The predicted molar refractivity (Wildman–Crippen MR) is 125 cm³/mol. The molecule has 0 aliphatic carbocycles. The van der Waals surface area contributed by atoms with Crippen LogP contribution in [0, 0.1) is 6.92 Å². The van der Waals surface area contributed by atoms with E-state index < -0.39 is 6.61 Å². The quantitative estimate of drug-likeness (QED) is 0.287. The van der Waals surface area contributed by atoms with Crippen LogP contribution in [0.5, 0.6) is 17.2 Å². The highest BCUT2D eigenvalue weighted by atomic mass is 127. The number of benzene rings is 2. The molecule has 6 nitrogen and oxygen atoms in total. The topological polar surface area (TPSA) is 64.1 Å². The molecule has 30 heavy (non-hydrogen) atoms. The Morgan fingerprint density at radius 2 is 1.73 bits per heavy atom. The number of aliphatic imine (C=N–C) groups is 1. The largest absolute Gasteiger partial charge is 0.496 e. The molecule has 0 bridgehead atoms. The van der Waals surface area contributed by atoms with Crippen LogP contribution in [0.4, 0.5) is 8.78 Å². The molecule has 0 fully saturated rings. The van der Waals surface area contributed by atoms with Gasteiger partial charge in [0.2, 0.25) is 0 Å². The molecule has 2 aromatic carbocycles. The lowest BCUT2D eigenvalue weighted by molar-refractivity contribution is -0.0512. The standard InChI is InChI=1S/C21H27F2N3O3.HI/c1-14-5-7-16(18(11-14)28-4)13-26-21(24-2)25-10-9-15-6-8-17(27-3)19(12-15)29-20(22)23;/h5-8,11-12,20H,9-10,13H2,1-4H3,(H2,24,25,26);1H. The molecule has 0 amide bonds. The van der Waals surface area contributed by atoms with E-state index in [1.165, 1.54) is 7.11 Å². The van der Waals surface area contributed by atoms with Crippen LogP contribution in [0.15, 0.2) is 41.4 Å². The van der Waals surface area contributed by atoms with Gasteiger partial charge in [-0.05, 0) is 42.7 Å². The van der Waals surface area contributed by atoms with E-state index in [1.54, 1.807) is 26.3 Å². The van der Waals surface area contributed by atoms with Crippen molar-refractivity contribution < 1.29 is 23.0 Å². The monoisotopic (exact) mass is 535 g/mol. The summed E-state index contributed by atoms with van der Waals surface area (Å²) in [6, 6.07) is 11.0. The van der Waals surface area contributed by atoms with Gasteiger partial charge in [0.25, 0.3) is 0 Å². The number of aryl methyl sites for hydroxylation is 1. The normalized spacial score (nSPS) is 11.0. The van der Waals surface area contributed by atoms with Crippen LogP contribution in [-0.4, -0.2) is 40.4 Å². The molecule has 0 aromatic heterocycles. The number of ether oxygens (including phenoxy) is 3. The Labute approximate surface area is 193 Å². The molecule has 0 unspecified atom stereocenters. The van der Waals surface area contributed by atoms with Crippen LogP contribution in [0.25, 0.3) is 0 Å². The summed E-state index contributed by atoms with van der Waals surface area (Å²) in [7, 11) is 4.74. The fraction of sp³-hybridized carbons (Fsp3) is 0.381. The molecule has 9 heteroatoms. The Bertz CT molecular complexity index is 835. The van der Waals surface area contributed by atoms with Gasteiger partial charge in [-0.1, -0.05) is 18.2 Å². The van der Waals surface area contributed by atoms with Crippen molar-refractivity contribution in [1.82, 2.24) is 10.6 Å². The van der Waals surface area contributed by atoms with Crippen LogP contribution in [0.2, 0.25) is 0 Å². The molecular weight excluding hydrogens is 507 g/mol. The molecule has 0 spiro atoms. The zero-order valence-corrected chi connectivity index (χ0v) is 19.8. The van der Waals surface area contributed by atoms with E-state index >= 15 is 0 Å². The lowest BCUT2D eigenvalue weighted by Gasteiger charge is -2.15. The maximum Gasteiger partial charge on any atom is 0.387 e. The van der Waals surface area contributed by atoms with Crippen molar-refractivity contribution >= 4 is 29.9 Å². The van der Waals surface area contributed by atoms with Crippen molar-refractivity contribution in [1.29, 1.82) is 0 Å². The number of guanidine groups is 1. The number of nitrogens with zero attached hydrogens (tertiary/aromatic N) is 1. The van der Waals surface area contributed by atoms with Crippen molar-refractivity contribution in [2.45, 2.75) is 26.5 Å². The van der Waals surface area contributed by atoms with Crippen molar-refractivity contribution in [3.8, 4) is 17.2 Å². The van der Waals surface area contributed by atoms with Gasteiger partial charge in [0, 0.05) is 25.7 Å². The lowest BCUT2D eigenvalue weighted by Crippen LogP contribution is -2.37. The molecule has 0 radical (unpaired) electrons. The van der Waals surface area contributed by atoms with E-state index in [1.807, 2.05) is 31.2 Å². The summed E-state index contributed by atoms with van der Waals surface area (Å²) < 4.78 is 40.1. The summed E-state index contributed by atoms with van der Waals surface area (Å²) in [4.78, 5) is 4.20. The molecule has 2 N–H and O–H groups in total. The van der Waals surface area contributed by atoms with Gasteiger partial charge in [-0.15, -0.1) is 24.0 Å². The number of rotatable bonds is 9. The zero-order valence-electron chi connectivity index (χ0n) is 17.5. The van der Waals surface area contributed by atoms with Gasteiger partial charge in [0.05, 0.1) is 14.2 Å². The molecule has 0 heterocycles. The fourth-order valence-corrected chi connectivity index (χ4v) is 2.79. The second-order valence-electron chi connectivity index (χ2n) is 6.28. The van der Waals surface area contributed by atoms with Gasteiger partial charge in [0.15, 0.2) is 17.5 Å². The first-order valence-electron chi connectivity index (χ1n) is 9.16. The summed E-state index contributed by atoms with van der Waals surface area (Å²) in [6.45, 7) is 0.222. The van der Waals surface area contributed by atoms with Crippen molar-refractivity contribution in [2.75, 3.05) is 27.8 Å². The van der Waals surface area contributed by atoms with Gasteiger partial charge in [-0.25, -0.2) is 0 Å². The Kier molecular flexibility index (Phi) is 11.2. The Balaban J connectivity index is 0.00000450. The van der Waals surface area contributed by atoms with E-state index in [0.717, 1.165) is 22.4 Å². The SMILES string of the molecule is CN=C(NCCc1ccc(OC)c(OC(F)F)c1)NCc1ccc(C)cc1OC.I. The van der Waals surface area contributed by atoms with Crippen LogP contribution in [0.1, 0.15) is 16.7 Å². The van der Waals surface area contributed by atoms with Gasteiger partial charge in [0.1, 0.15) is 5.75 Å². The minimum atomic E-state index is -2.90. The van der Waals surface area contributed by atoms with E-state index in [4.69, 9.17) is 9.47 Å². The van der Waals surface area contributed by atoms with Gasteiger partial charge < -0.3 is 24.8 Å². The van der Waals surface area contributed by atoms with Gasteiger partial charge in [-0.3, -0.25) is 4.99 Å². The maximum atomic E-state index is 12.6. The number of hydrogen-bond donors (Lipinski definition) is 2. The highest BCUT2D eigenvalue weighted by Gasteiger charge is 2.11. The molecule has 0 saturated heterocycles. The highest BCUT2D eigenvalue weighted by molar-refractivity contribution is 14.0. The van der Waals surface area contributed by atoms with Crippen LogP contribution < -0.4 is 24.8 Å². The molecular formula is C21H28F2IN3O3. The van der Waals surface area contributed by atoms with E-state index in [2.05, 4.69) is 20.4 Å². The molecule has 0 saturated carbocycles. The summed E-state index contributed by atoms with van der Waals surface area (Å²) >= 11 is 0. The zero-order chi connectivity index (χ0) is 21.2. The summed E-state index contributed by atoms with van der Waals surface area (Å²) in [6.07, 6.45) is 0.595. The van der Waals surface area contributed by atoms with Crippen molar-refractivity contribution in [3.05, 3.63) is 53.1 Å². The maximum absolute atomic E-state index is 12.6. The third kappa shape index (κ3) is 7.85. The third-order valence-corrected chi connectivity index (χ3v) is 4.26. The number of nitrogens with one attached hydrogen (secondary N) is 2. The first-order valence-corrected chi connectivity index (χ1v) is 9.16. The Morgan fingerprint density at radius 3 is 2.37 bits per heavy atom. The summed E-state index contributed by atoms with van der Waals surface area (Å²) in [5.41, 5.74) is 2.98. The molecule has 166 valence electrons. The van der Waals surface area contributed by atoms with Crippen molar-refractivity contribution in [2.24, 2.45) is 4.99 Å². The number of halogens is 3. The van der Waals surface area contributed by atoms with E-state index in [0.29, 0.717) is 25.5 Å². The van der Waals surface area contributed by atoms with Crippen LogP contribution >= 0.6 is 24.0 Å². The number of alkyl halides is 2. The summed E-state index contributed by atoms with van der Waals surface area (Å²) in [5, 5.41) is 6.44. The highest BCUT2D eigenvalue weighted by Crippen LogP contribution is 2.29. The molecule has 2 rings (SSSR count). The second kappa shape index (κ2) is 13.1. The fourth-order valence-electron chi connectivity index (χ4n) is 2.79. The minimum Gasteiger partial charge on any atom is -0.496 e. The second-order valence-corrected chi connectivity index (χ2v) is 6.28. The third-order valence-electron chi connectivity index (χ3n) is 4.26. The molecule has 0 aliphatic rings. The van der Waals surface area contributed by atoms with Crippen LogP contribution in [0.3, 0.4) is 0 Å².